The van der Waals surface area contributed by atoms with Crippen LogP contribution >= 0.6 is 0 Å². The normalized spacial score (nSPS) is 19.5. The molecule has 1 heterocycles. The molecule has 0 aromatic heterocycles. The summed E-state index contributed by atoms with van der Waals surface area (Å²) < 4.78 is 10.7. The van der Waals surface area contributed by atoms with Crippen molar-refractivity contribution in [1.82, 2.24) is 4.90 Å². The number of primary amides is 1. The lowest BCUT2D eigenvalue weighted by atomic mass is 9.85. The number of ketones is 1. The summed E-state index contributed by atoms with van der Waals surface area (Å²) in [6.45, 7) is 2.72. The van der Waals surface area contributed by atoms with Gasteiger partial charge in [-0.15, -0.1) is 0 Å². The van der Waals surface area contributed by atoms with Crippen LogP contribution in [0.1, 0.15) is 33.5 Å². The molecule has 2 N–H and O–H groups in total. The summed E-state index contributed by atoms with van der Waals surface area (Å²) in [7, 11) is 3.14. The first-order valence-electron chi connectivity index (χ1n) is 10.7. The van der Waals surface area contributed by atoms with E-state index in [4.69, 9.17) is 15.2 Å². The summed E-state index contributed by atoms with van der Waals surface area (Å²) in [6.07, 6.45) is 6.91. The second-order valence-electron chi connectivity index (χ2n) is 8.36. The fraction of sp³-hybridized carbons (Fsp3) is 0.308. The Bertz CT molecular complexity index is 1120. The molecule has 0 spiro atoms. The highest BCUT2D eigenvalue weighted by atomic mass is 16.5. The van der Waals surface area contributed by atoms with Crippen LogP contribution < -0.4 is 15.2 Å². The van der Waals surface area contributed by atoms with E-state index < -0.39 is 5.91 Å². The lowest BCUT2D eigenvalue weighted by molar-refractivity contribution is -0.115. The van der Waals surface area contributed by atoms with Gasteiger partial charge in [0.25, 0.3) is 0 Å². The Balaban J connectivity index is 1.52. The van der Waals surface area contributed by atoms with E-state index in [1.54, 1.807) is 20.3 Å². The molecule has 2 atom stereocenters. The van der Waals surface area contributed by atoms with Crippen molar-refractivity contribution in [2.75, 3.05) is 14.2 Å². The monoisotopic (exact) mass is 432 g/mol. The van der Waals surface area contributed by atoms with Crippen LogP contribution in [0.15, 0.2) is 60.4 Å². The summed E-state index contributed by atoms with van der Waals surface area (Å²) >= 11 is 0. The Morgan fingerprint density at radius 3 is 2.56 bits per heavy atom. The maximum atomic E-state index is 13.1. The number of fused-ring (bicyclic) bond motifs is 1. The van der Waals surface area contributed by atoms with Crippen LogP contribution in [0, 0.1) is 18.8 Å². The summed E-state index contributed by atoms with van der Waals surface area (Å²) in [5.74, 6) is 0.347. The van der Waals surface area contributed by atoms with E-state index in [-0.39, 0.29) is 17.6 Å². The average molecular weight is 433 g/mol. The molecule has 0 saturated heterocycles. The van der Waals surface area contributed by atoms with Gasteiger partial charge in [0.05, 0.1) is 14.2 Å². The van der Waals surface area contributed by atoms with Crippen molar-refractivity contribution >= 4 is 11.7 Å². The molecule has 2 aromatic rings. The Hall–Kier alpha value is -3.54. The topological polar surface area (TPSA) is 81.9 Å². The molecule has 4 rings (SSSR count). The smallest absolute Gasteiger partial charge is 0.246 e. The first-order chi connectivity index (χ1) is 15.4. The summed E-state index contributed by atoms with van der Waals surface area (Å²) in [5, 5.41) is 0. The molecule has 32 heavy (non-hydrogen) atoms. The zero-order chi connectivity index (χ0) is 22.8. The Kier molecular flexibility index (Phi) is 6.04. The molecule has 6 nitrogen and oxygen atoms in total. The number of methoxy groups -OCH3 is 2. The van der Waals surface area contributed by atoms with Gasteiger partial charge in [-0.1, -0.05) is 30.3 Å². The number of carbonyl (C=O) groups excluding carboxylic acids is 2. The number of nitrogens with two attached hydrogens (primary N) is 1. The molecule has 0 fully saturated rings. The number of benzene rings is 2. The van der Waals surface area contributed by atoms with E-state index in [1.807, 2.05) is 41.6 Å². The molecular weight excluding hydrogens is 404 g/mol. The van der Waals surface area contributed by atoms with Gasteiger partial charge in [0.1, 0.15) is 0 Å². The van der Waals surface area contributed by atoms with Crippen molar-refractivity contribution < 1.29 is 19.1 Å². The van der Waals surface area contributed by atoms with Gasteiger partial charge in [-0.2, -0.15) is 0 Å². The highest BCUT2D eigenvalue weighted by molar-refractivity contribution is 6.03. The molecule has 1 amide bonds. The van der Waals surface area contributed by atoms with Crippen LogP contribution in [0.25, 0.3) is 0 Å². The molecule has 2 unspecified atom stereocenters. The van der Waals surface area contributed by atoms with Crippen LogP contribution in [0.3, 0.4) is 0 Å². The van der Waals surface area contributed by atoms with Gasteiger partial charge in [0, 0.05) is 41.9 Å². The van der Waals surface area contributed by atoms with E-state index in [1.165, 1.54) is 11.1 Å². The first-order valence-corrected chi connectivity index (χ1v) is 10.7. The highest BCUT2D eigenvalue weighted by Gasteiger charge is 2.35. The van der Waals surface area contributed by atoms with Gasteiger partial charge in [-0.05, 0) is 48.6 Å². The molecule has 166 valence electrons. The second-order valence-corrected chi connectivity index (χ2v) is 8.36. The van der Waals surface area contributed by atoms with Crippen LogP contribution in [-0.2, 0) is 17.8 Å². The van der Waals surface area contributed by atoms with E-state index in [0.29, 0.717) is 42.0 Å². The minimum Gasteiger partial charge on any atom is -0.493 e. The van der Waals surface area contributed by atoms with E-state index in [0.717, 1.165) is 5.56 Å². The Labute approximate surface area is 188 Å². The summed E-state index contributed by atoms with van der Waals surface area (Å²) in [6, 6.07) is 11.8. The predicted molar refractivity (Wildman–Crippen MR) is 122 cm³/mol. The third kappa shape index (κ3) is 4.13. The number of Topliss-reactive ketones (excluding diaryl/α,β-unsaturated/α-hetero) is 1. The lowest BCUT2D eigenvalue weighted by Crippen LogP contribution is -2.28. The van der Waals surface area contributed by atoms with Crippen LogP contribution in [0.2, 0.25) is 0 Å². The lowest BCUT2D eigenvalue weighted by Gasteiger charge is -2.27. The number of nitrogens with zero attached hydrogens (tertiary/aromatic N) is 1. The predicted octanol–water partition coefficient (Wildman–Crippen LogP) is 3.77. The fourth-order valence-electron chi connectivity index (χ4n) is 4.56. The SMILES string of the molecule is COc1cc2c(cc1OC)C(=O)C(CC1C=CN(Cc3ccccc3C)C=C1C(N)=O)C2. The first kappa shape index (κ1) is 21.7. The Morgan fingerprint density at radius 1 is 1.16 bits per heavy atom. The molecule has 0 saturated carbocycles. The zero-order valence-electron chi connectivity index (χ0n) is 18.6. The number of carbonyl (C=O) groups is 2. The maximum absolute atomic E-state index is 13.1. The van der Waals surface area contributed by atoms with Crippen LogP contribution in [-0.4, -0.2) is 30.8 Å². The zero-order valence-corrected chi connectivity index (χ0v) is 18.6. The van der Waals surface area contributed by atoms with Gasteiger partial charge in [-0.25, -0.2) is 0 Å². The van der Waals surface area contributed by atoms with Crippen molar-refractivity contribution in [1.29, 1.82) is 0 Å². The van der Waals surface area contributed by atoms with Crippen molar-refractivity contribution in [3.63, 3.8) is 0 Å². The molecule has 0 bridgehead atoms. The average Bonchev–Trinajstić information content (AvgIpc) is 3.09. The van der Waals surface area contributed by atoms with Gasteiger partial charge in [0.2, 0.25) is 5.91 Å². The van der Waals surface area contributed by atoms with Gasteiger partial charge < -0.3 is 20.1 Å². The largest absolute Gasteiger partial charge is 0.493 e. The Morgan fingerprint density at radius 2 is 1.88 bits per heavy atom. The summed E-state index contributed by atoms with van der Waals surface area (Å²) in [5.41, 5.74) is 10.2. The number of amides is 1. The number of allylic oxidation sites excluding steroid dienone is 1. The third-order valence-electron chi connectivity index (χ3n) is 6.36. The van der Waals surface area contributed by atoms with E-state index in [2.05, 4.69) is 19.1 Å². The molecular formula is C26H28N2O4. The van der Waals surface area contributed by atoms with Gasteiger partial charge in [0.15, 0.2) is 17.3 Å². The third-order valence-corrected chi connectivity index (χ3v) is 6.36. The molecule has 2 aromatic carbocycles. The number of hydrogen-bond acceptors (Lipinski definition) is 5. The standard InChI is InChI=1S/C26H28N2O4/c1-16-6-4-5-7-18(16)14-28-9-8-17(22(15-28)26(27)30)10-20-11-19-12-23(31-2)24(32-3)13-21(19)25(20)29/h4-9,12-13,15,17,20H,10-11,14H2,1-3H3,(H2,27,30). The molecule has 1 aliphatic heterocycles. The minimum absolute atomic E-state index is 0.0699. The summed E-state index contributed by atoms with van der Waals surface area (Å²) in [4.78, 5) is 27.3. The number of ether oxygens (including phenoxy) is 2. The van der Waals surface area contributed by atoms with Gasteiger partial charge >= 0.3 is 0 Å². The van der Waals surface area contributed by atoms with Crippen molar-refractivity contribution in [3.05, 3.63) is 82.7 Å². The van der Waals surface area contributed by atoms with Crippen LogP contribution in [0.4, 0.5) is 0 Å². The van der Waals surface area contributed by atoms with E-state index in [9.17, 15) is 9.59 Å². The number of hydrogen-bond donors (Lipinski definition) is 1. The fourth-order valence-corrected chi connectivity index (χ4v) is 4.56. The van der Waals surface area contributed by atoms with Crippen molar-refractivity contribution in [2.24, 2.45) is 17.6 Å². The van der Waals surface area contributed by atoms with Crippen molar-refractivity contribution in [2.45, 2.75) is 26.3 Å². The molecule has 2 aliphatic rings. The molecule has 0 radical (unpaired) electrons. The molecule has 6 heteroatoms. The minimum atomic E-state index is -0.458. The highest BCUT2D eigenvalue weighted by Crippen LogP contribution is 2.39. The second kappa shape index (κ2) is 8.91. The van der Waals surface area contributed by atoms with Gasteiger partial charge in [-0.3, -0.25) is 9.59 Å². The van der Waals surface area contributed by atoms with E-state index >= 15 is 0 Å². The number of rotatable bonds is 7. The number of aryl methyl sites for hydroxylation is 1. The van der Waals surface area contributed by atoms with Crippen LogP contribution in [0.5, 0.6) is 11.5 Å². The molecule has 1 aliphatic carbocycles. The maximum Gasteiger partial charge on any atom is 0.246 e. The quantitative estimate of drug-likeness (QED) is 0.720. The van der Waals surface area contributed by atoms with Crippen molar-refractivity contribution in [3.8, 4) is 11.5 Å².